The third-order valence-electron chi connectivity index (χ3n) is 7.16. The van der Waals surface area contributed by atoms with Crippen LogP contribution < -0.4 is 0 Å². The molecule has 4 aromatic rings. The van der Waals surface area contributed by atoms with E-state index in [0.717, 1.165) is 36.1 Å². The number of pyridine rings is 1. The number of hydrogen-bond donors (Lipinski definition) is 0. The highest BCUT2D eigenvalue weighted by atomic mass is 16.2. The Bertz CT molecular complexity index is 1480. The molecular formula is C30H26N4O3. The zero-order chi connectivity index (χ0) is 25.4. The van der Waals surface area contributed by atoms with Gasteiger partial charge < -0.3 is 4.90 Å². The number of nitrogens with zero attached hydrogens (tertiary/aromatic N) is 4. The third-order valence-corrected chi connectivity index (χ3v) is 7.16. The van der Waals surface area contributed by atoms with Crippen molar-refractivity contribution < 1.29 is 14.4 Å². The number of carbonyl (C=O) groups excluding carboxylic acids is 3. The average molecular weight is 491 g/mol. The van der Waals surface area contributed by atoms with E-state index in [1.165, 1.54) is 10.5 Å². The van der Waals surface area contributed by atoms with Gasteiger partial charge in [-0.2, -0.15) is 0 Å². The summed E-state index contributed by atoms with van der Waals surface area (Å²) in [7, 11) is 0. The van der Waals surface area contributed by atoms with E-state index in [-0.39, 0.29) is 24.3 Å². The summed E-state index contributed by atoms with van der Waals surface area (Å²) in [5, 5.41) is 1.13. The molecule has 7 nitrogen and oxygen atoms in total. The number of piperazine rings is 1. The number of fused-ring (bicyclic) bond motifs is 2. The van der Waals surface area contributed by atoms with E-state index in [9.17, 15) is 14.4 Å². The smallest absolute Gasteiger partial charge is 0.261 e. The van der Waals surface area contributed by atoms with E-state index >= 15 is 0 Å². The van der Waals surface area contributed by atoms with Crippen LogP contribution in [-0.4, -0.2) is 63.6 Å². The summed E-state index contributed by atoms with van der Waals surface area (Å²) >= 11 is 0. The zero-order valence-electron chi connectivity index (χ0n) is 20.3. The molecule has 2 aliphatic heterocycles. The van der Waals surface area contributed by atoms with Gasteiger partial charge in [0.25, 0.3) is 17.7 Å². The van der Waals surface area contributed by atoms with Crippen LogP contribution in [0.5, 0.6) is 0 Å². The van der Waals surface area contributed by atoms with Crippen molar-refractivity contribution in [3.63, 3.8) is 0 Å². The van der Waals surface area contributed by atoms with Crippen molar-refractivity contribution in [2.24, 2.45) is 0 Å². The molecule has 1 aromatic heterocycles. The van der Waals surface area contributed by atoms with Crippen molar-refractivity contribution in [1.82, 2.24) is 19.7 Å². The fraction of sp³-hybridized carbons (Fsp3) is 0.200. The van der Waals surface area contributed by atoms with Gasteiger partial charge >= 0.3 is 0 Å². The first-order valence-electron chi connectivity index (χ1n) is 12.5. The van der Waals surface area contributed by atoms with Crippen molar-refractivity contribution in [1.29, 1.82) is 0 Å². The van der Waals surface area contributed by atoms with Gasteiger partial charge in [-0.05, 0) is 41.5 Å². The maximum absolute atomic E-state index is 13.3. The highest BCUT2D eigenvalue weighted by Gasteiger charge is 2.35. The second-order valence-electron chi connectivity index (χ2n) is 9.50. The van der Waals surface area contributed by atoms with Gasteiger partial charge in [0, 0.05) is 49.9 Å². The quantitative estimate of drug-likeness (QED) is 0.396. The van der Waals surface area contributed by atoms with Crippen LogP contribution in [0.25, 0.3) is 10.9 Å². The molecule has 37 heavy (non-hydrogen) atoms. The van der Waals surface area contributed by atoms with Crippen LogP contribution in [0.3, 0.4) is 0 Å². The lowest BCUT2D eigenvalue weighted by molar-refractivity contribution is 0.0627. The Hall–Kier alpha value is -4.36. The summed E-state index contributed by atoms with van der Waals surface area (Å²) in [5.74, 6) is -0.625. The summed E-state index contributed by atoms with van der Waals surface area (Å²) in [6.07, 6.45) is 1.82. The van der Waals surface area contributed by atoms with E-state index in [1.54, 1.807) is 36.4 Å². The predicted octanol–water partition coefficient (Wildman–Crippen LogP) is 3.99. The van der Waals surface area contributed by atoms with E-state index < -0.39 is 0 Å². The molecule has 6 rings (SSSR count). The molecule has 3 amide bonds. The average Bonchev–Trinajstić information content (AvgIpc) is 3.18. The van der Waals surface area contributed by atoms with Crippen LogP contribution in [0.15, 0.2) is 85.1 Å². The first-order valence-corrected chi connectivity index (χ1v) is 12.5. The van der Waals surface area contributed by atoms with Gasteiger partial charge in [0.15, 0.2) is 0 Å². The van der Waals surface area contributed by atoms with Gasteiger partial charge in [-0.25, -0.2) is 0 Å². The Balaban J connectivity index is 1.10. The van der Waals surface area contributed by atoms with Crippen molar-refractivity contribution in [3.8, 4) is 0 Å². The largest absolute Gasteiger partial charge is 0.336 e. The van der Waals surface area contributed by atoms with Gasteiger partial charge in [0.05, 0.1) is 23.2 Å². The minimum atomic E-state index is -0.296. The fourth-order valence-corrected chi connectivity index (χ4v) is 5.20. The highest BCUT2D eigenvalue weighted by Crippen LogP contribution is 2.25. The molecular weight excluding hydrogens is 464 g/mol. The molecule has 0 unspecified atom stereocenters. The number of aromatic nitrogens is 1. The lowest BCUT2D eigenvalue weighted by Gasteiger charge is -2.35. The zero-order valence-corrected chi connectivity index (χ0v) is 20.3. The summed E-state index contributed by atoms with van der Waals surface area (Å²) in [6, 6.07) is 24.4. The second kappa shape index (κ2) is 9.59. The number of benzene rings is 3. The van der Waals surface area contributed by atoms with Crippen molar-refractivity contribution in [3.05, 3.63) is 113 Å². The molecule has 7 heteroatoms. The summed E-state index contributed by atoms with van der Waals surface area (Å²) in [6.45, 7) is 3.78. The molecule has 0 aliphatic carbocycles. The van der Waals surface area contributed by atoms with Crippen LogP contribution in [0, 0.1) is 0 Å². The topological polar surface area (TPSA) is 73.8 Å². The first-order chi connectivity index (χ1) is 18.1. The maximum Gasteiger partial charge on any atom is 0.261 e. The Morgan fingerprint density at radius 1 is 0.757 bits per heavy atom. The van der Waals surface area contributed by atoms with Crippen LogP contribution in [0.2, 0.25) is 0 Å². The standard InChI is InChI=1S/C30H26N4O3/c35-28(33-16-14-32(15-17-33)20-24-9-4-7-22-10-5-13-31-27(22)24)23-8-3-6-21(18-23)19-34-29(36)25-11-1-2-12-26(25)30(34)37/h1-13,18H,14-17,19-20H2. The predicted molar refractivity (Wildman–Crippen MR) is 140 cm³/mol. The number of hydrogen-bond acceptors (Lipinski definition) is 5. The van der Waals surface area contributed by atoms with Crippen LogP contribution in [0.4, 0.5) is 0 Å². The summed E-state index contributed by atoms with van der Waals surface area (Å²) in [5.41, 5.74) is 4.40. The van der Waals surface area contributed by atoms with Crippen molar-refractivity contribution in [2.75, 3.05) is 26.2 Å². The molecule has 1 fully saturated rings. The molecule has 0 saturated carbocycles. The SMILES string of the molecule is O=C(c1cccc(CN2C(=O)c3ccccc3C2=O)c1)N1CCN(Cc2cccc3cccnc23)CC1. The van der Waals surface area contributed by atoms with Crippen LogP contribution in [-0.2, 0) is 13.1 Å². The van der Waals surface area contributed by atoms with Crippen molar-refractivity contribution >= 4 is 28.6 Å². The van der Waals surface area contributed by atoms with Gasteiger partial charge in [0.2, 0.25) is 0 Å². The lowest BCUT2D eigenvalue weighted by atomic mass is 10.1. The molecule has 0 atom stereocenters. The Labute approximate surface area is 214 Å². The third kappa shape index (κ3) is 4.38. The molecule has 3 aromatic carbocycles. The lowest BCUT2D eigenvalue weighted by Crippen LogP contribution is -2.48. The molecule has 0 bridgehead atoms. The maximum atomic E-state index is 13.3. The summed E-state index contributed by atoms with van der Waals surface area (Å²) in [4.78, 5) is 48.8. The molecule has 1 saturated heterocycles. The molecule has 184 valence electrons. The Morgan fingerprint density at radius 3 is 2.22 bits per heavy atom. The minimum Gasteiger partial charge on any atom is -0.336 e. The molecule has 2 aliphatic rings. The fourth-order valence-electron chi connectivity index (χ4n) is 5.20. The molecule has 0 N–H and O–H groups in total. The number of amides is 3. The van der Waals surface area contributed by atoms with Crippen molar-refractivity contribution in [2.45, 2.75) is 13.1 Å². The number of para-hydroxylation sites is 1. The Kier molecular flexibility index (Phi) is 5.98. The second-order valence-corrected chi connectivity index (χ2v) is 9.50. The van der Waals surface area contributed by atoms with Gasteiger partial charge in [-0.3, -0.25) is 29.2 Å². The Morgan fingerprint density at radius 2 is 1.46 bits per heavy atom. The summed E-state index contributed by atoms with van der Waals surface area (Å²) < 4.78 is 0. The molecule has 0 radical (unpaired) electrons. The van der Waals surface area contributed by atoms with Crippen LogP contribution >= 0.6 is 0 Å². The minimum absolute atomic E-state index is 0.0318. The number of rotatable bonds is 5. The number of imide groups is 1. The first kappa shape index (κ1) is 23.1. The number of carbonyl (C=O) groups is 3. The molecule has 0 spiro atoms. The van der Waals surface area contributed by atoms with Gasteiger partial charge in [-0.1, -0.05) is 48.5 Å². The molecule has 3 heterocycles. The van der Waals surface area contributed by atoms with Gasteiger partial charge in [0.1, 0.15) is 0 Å². The highest BCUT2D eigenvalue weighted by molar-refractivity contribution is 6.21. The van der Waals surface area contributed by atoms with E-state index in [1.807, 2.05) is 29.3 Å². The normalized spacial score (nSPS) is 15.9. The monoisotopic (exact) mass is 490 g/mol. The van der Waals surface area contributed by atoms with Crippen LogP contribution in [0.1, 0.15) is 42.2 Å². The van der Waals surface area contributed by atoms with E-state index in [2.05, 4.69) is 34.1 Å². The van der Waals surface area contributed by atoms with E-state index in [0.29, 0.717) is 29.8 Å². The van der Waals surface area contributed by atoms with E-state index in [4.69, 9.17) is 0 Å². The van der Waals surface area contributed by atoms with Gasteiger partial charge in [-0.15, -0.1) is 0 Å².